The summed E-state index contributed by atoms with van der Waals surface area (Å²) in [5.74, 6) is -0.915. The van der Waals surface area contributed by atoms with Crippen LogP contribution >= 0.6 is 23.2 Å². The highest BCUT2D eigenvalue weighted by Gasteiger charge is 2.26. The Morgan fingerprint density at radius 3 is 2.62 bits per heavy atom. The molecule has 2 aromatic carbocycles. The standard InChI is InChI=1S/C21H19Cl2FN2O3/c1-13(27)25-15-5-2-14(3-6-15)4-7-21(28)26-8-9-29-20(12-26)16-10-19(24)18(23)11-17(16)22/h2-7,10-11,20H,8-9,12H2,1H3,(H,25,27). The molecule has 5 nitrogen and oxygen atoms in total. The Bertz CT molecular complexity index is 948. The Morgan fingerprint density at radius 1 is 1.21 bits per heavy atom. The number of anilines is 1. The average molecular weight is 437 g/mol. The van der Waals surface area contributed by atoms with Gasteiger partial charge in [-0.05, 0) is 35.9 Å². The van der Waals surface area contributed by atoms with E-state index < -0.39 is 11.9 Å². The van der Waals surface area contributed by atoms with Gasteiger partial charge in [-0.2, -0.15) is 0 Å². The summed E-state index contributed by atoms with van der Waals surface area (Å²) >= 11 is 11.9. The van der Waals surface area contributed by atoms with Gasteiger partial charge >= 0.3 is 0 Å². The van der Waals surface area contributed by atoms with E-state index in [9.17, 15) is 14.0 Å². The Morgan fingerprint density at radius 2 is 1.93 bits per heavy atom. The fourth-order valence-electron chi connectivity index (χ4n) is 2.98. The van der Waals surface area contributed by atoms with Crippen LogP contribution in [0.1, 0.15) is 24.2 Å². The Labute approximate surface area is 178 Å². The molecular weight excluding hydrogens is 418 g/mol. The molecule has 1 N–H and O–H groups in total. The molecule has 3 rings (SSSR count). The fraction of sp³-hybridized carbons (Fsp3) is 0.238. The van der Waals surface area contributed by atoms with Crippen molar-refractivity contribution in [2.45, 2.75) is 13.0 Å². The van der Waals surface area contributed by atoms with Crippen molar-refractivity contribution in [3.8, 4) is 0 Å². The summed E-state index contributed by atoms with van der Waals surface area (Å²) < 4.78 is 19.5. The van der Waals surface area contributed by atoms with Gasteiger partial charge in [-0.1, -0.05) is 35.3 Å². The minimum Gasteiger partial charge on any atom is -0.370 e. The highest BCUT2D eigenvalue weighted by Crippen LogP contribution is 2.32. The number of ether oxygens (including phenoxy) is 1. The predicted molar refractivity (Wildman–Crippen MR) is 111 cm³/mol. The van der Waals surface area contributed by atoms with Crippen molar-refractivity contribution in [2.24, 2.45) is 0 Å². The molecule has 0 aliphatic carbocycles. The van der Waals surface area contributed by atoms with Crippen molar-refractivity contribution in [3.63, 3.8) is 0 Å². The van der Waals surface area contributed by atoms with Gasteiger partial charge in [0.25, 0.3) is 0 Å². The lowest BCUT2D eigenvalue weighted by Gasteiger charge is -2.33. The third-order valence-electron chi connectivity index (χ3n) is 4.41. The van der Waals surface area contributed by atoms with Gasteiger partial charge in [0.05, 0.1) is 18.2 Å². The lowest BCUT2D eigenvalue weighted by Crippen LogP contribution is -2.41. The maximum absolute atomic E-state index is 13.8. The van der Waals surface area contributed by atoms with Crippen molar-refractivity contribution in [1.82, 2.24) is 4.90 Å². The van der Waals surface area contributed by atoms with Gasteiger partial charge in [-0.25, -0.2) is 4.39 Å². The SMILES string of the molecule is CC(=O)Nc1ccc(C=CC(=O)N2CCOC(c3cc(F)c(Cl)cc3Cl)C2)cc1. The largest absolute Gasteiger partial charge is 0.370 e. The van der Waals surface area contributed by atoms with Crippen LogP contribution in [0.15, 0.2) is 42.5 Å². The molecule has 2 aromatic rings. The zero-order chi connectivity index (χ0) is 21.0. The molecule has 29 heavy (non-hydrogen) atoms. The van der Waals surface area contributed by atoms with E-state index >= 15 is 0 Å². The molecule has 1 heterocycles. The highest BCUT2D eigenvalue weighted by atomic mass is 35.5. The summed E-state index contributed by atoms with van der Waals surface area (Å²) in [5.41, 5.74) is 1.97. The number of halogens is 3. The molecular formula is C21H19Cl2FN2O3. The quantitative estimate of drug-likeness (QED) is 0.557. The summed E-state index contributed by atoms with van der Waals surface area (Å²) in [4.78, 5) is 25.2. The lowest BCUT2D eigenvalue weighted by atomic mass is 10.1. The second kappa shape index (κ2) is 9.39. The third kappa shape index (κ3) is 5.56. The molecule has 152 valence electrons. The first-order chi connectivity index (χ1) is 13.8. The summed E-state index contributed by atoms with van der Waals surface area (Å²) in [7, 11) is 0. The van der Waals surface area contributed by atoms with Crippen LogP contribution in [0.4, 0.5) is 10.1 Å². The van der Waals surface area contributed by atoms with E-state index in [2.05, 4.69) is 5.32 Å². The number of carbonyl (C=O) groups is 2. The predicted octanol–water partition coefficient (Wildman–Crippen LogP) is 4.70. The van der Waals surface area contributed by atoms with Gasteiger partial charge in [0.2, 0.25) is 11.8 Å². The molecule has 0 aromatic heterocycles. The van der Waals surface area contributed by atoms with Crippen LogP contribution in [0.3, 0.4) is 0 Å². The van der Waals surface area contributed by atoms with E-state index in [1.807, 2.05) is 0 Å². The van der Waals surface area contributed by atoms with Crippen molar-refractivity contribution in [1.29, 1.82) is 0 Å². The van der Waals surface area contributed by atoms with Gasteiger partial charge in [-0.15, -0.1) is 0 Å². The molecule has 1 aliphatic rings. The average Bonchev–Trinajstić information content (AvgIpc) is 2.69. The normalized spacial score (nSPS) is 16.8. The van der Waals surface area contributed by atoms with Crippen LogP contribution in [-0.4, -0.2) is 36.4 Å². The summed E-state index contributed by atoms with van der Waals surface area (Å²) in [5, 5.41) is 2.92. The Hall–Kier alpha value is -2.41. The van der Waals surface area contributed by atoms with Gasteiger partial charge in [-0.3, -0.25) is 9.59 Å². The molecule has 0 radical (unpaired) electrons. The molecule has 0 spiro atoms. The highest BCUT2D eigenvalue weighted by molar-refractivity contribution is 6.35. The summed E-state index contributed by atoms with van der Waals surface area (Å²) in [6.45, 7) is 2.43. The van der Waals surface area contributed by atoms with Gasteiger partial charge < -0.3 is 15.0 Å². The molecule has 8 heteroatoms. The van der Waals surface area contributed by atoms with E-state index in [4.69, 9.17) is 27.9 Å². The summed E-state index contributed by atoms with van der Waals surface area (Å²) in [6, 6.07) is 9.69. The number of hydrogen-bond acceptors (Lipinski definition) is 3. The minimum absolute atomic E-state index is 0.0602. The van der Waals surface area contributed by atoms with Gasteiger partial charge in [0, 0.05) is 35.8 Å². The molecule has 1 saturated heterocycles. The van der Waals surface area contributed by atoms with Crippen molar-refractivity contribution < 1.29 is 18.7 Å². The monoisotopic (exact) mass is 436 g/mol. The maximum Gasteiger partial charge on any atom is 0.246 e. The third-order valence-corrected chi connectivity index (χ3v) is 5.03. The number of hydrogen-bond donors (Lipinski definition) is 1. The van der Waals surface area contributed by atoms with Gasteiger partial charge in [0.15, 0.2) is 0 Å². The number of morpholine rings is 1. The zero-order valence-electron chi connectivity index (χ0n) is 15.6. The van der Waals surface area contributed by atoms with Crippen LogP contribution in [0, 0.1) is 5.82 Å². The van der Waals surface area contributed by atoms with E-state index in [-0.39, 0.29) is 23.4 Å². The van der Waals surface area contributed by atoms with Crippen LogP contribution in [0.5, 0.6) is 0 Å². The maximum atomic E-state index is 13.8. The molecule has 1 unspecified atom stereocenters. The van der Waals surface area contributed by atoms with E-state index in [1.54, 1.807) is 35.2 Å². The Kier molecular flexibility index (Phi) is 6.90. The number of nitrogens with zero attached hydrogens (tertiary/aromatic N) is 1. The van der Waals surface area contributed by atoms with Crippen LogP contribution in [0.2, 0.25) is 10.0 Å². The van der Waals surface area contributed by atoms with Gasteiger partial charge in [0.1, 0.15) is 11.9 Å². The first kappa shape index (κ1) is 21.3. The molecule has 2 amide bonds. The number of carbonyl (C=O) groups excluding carboxylic acids is 2. The smallest absolute Gasteiger partial charge is 0.246 e. The van der Waals surface area contributed by atoms with Crippen LogP contribution < -0.4 is 5.32 Å². The zero-order valence-corrected chi connectivity index (χ0v) is 17.1. The van der Waals surface area contributed by atoms with Crippen molar-refractivity contribution >= 4 is 46.8 Å². The topological polar surface area (TPSA) is 58.6 Å². The van der Waals surface area contributed by atoms with Crippen molar-refractivity contribution in [2.75, 3.05) is 25.0 Å². The van der Waals surface area contributed by atoms with E-state index in [1.165, 1.54) is 25.1 Å². The minimum atomic E-state index is -0.583. The molecule has 1 aliphatic heterocycles. The molecule has 1 atom stereocenters. The van der Waals surface area contributed by atoms with Crippen LogP contribution in [-0.2, 0) is 14.3 Å². The Balaban J connectivity index is 1.66. The van der Waals surface area contributed by atoms with Crippen molar-refractivity contribution in [3.05, 3.63) is 69.5 Å². The second-order valence-electron chi connectivity index (χ2n) is 6.57. The fourth-order valence-corrected chi connectivity index (χ4v) is 3.48. The second-order valence-corrected chi connectivity index (χ2v) is 7.38. The van der Waals surface area contributed by atoms with E-state index in [0.717, 1.165) is 5.56 Å². The van der Waals surface area contributed by atoms with E-state index in [0.29, 0.717) is 29.4 Å². The van der Waals surface area contributed by atoms with Crippen LogP contribution in [0.25, 0.3) is 6.08 Å². The number of nitrogens with one attached hydrogen (secondary N) is 1. The number of rotatable bonds is 4. The molecule has 0 bridgehead atoms. The first-order valence-electron chi connectivity index (χ1n) is 8.94. The molecule has 0 saturated carbocycles. The first-order valence-corrected chi connectivity index (χ1v) is 9.70. The number of amides is 2. The number of benzene rings is 2. The lowest BCUT2D eigenvalue weighted by molar-refractivity contribution is -0.133. The summed E-state index contributed by atoms with van der Waals surface area (Å²) in [6.07, 6.45) is 2.64. The molecule has 1 fully saturated rings.